The van der Waals surface area contributed by atoms with Gasteiger partial charge in [-0.15, -0.1) is 0 Å². The summed E-state index contributed by atoms with van der Waals surface area (Å²) in [6, 6.07) is 9.73. The Labute approximate surface area is 200 Å². The molecule has 4 aromatic rings. The van der Waals surface area contributed by atoms with Crippen molar-refractivity contribution in [3.8, 4) is 34.3 Å². The maximum atomic E-state index is 14.3. The normalized spacial score (nSPS) is 10.5. The number of aromatic nitrogens is 4. The zero-order valence-electron chi connectivity index (χ0n) is 14.0. The molecule has 4 rings (SSSR count). The van der Waals surface area contributed by atoms with E-state index in [1.165, 1.54) is 28.9 Å². The molecule has 0 aliphatic carbocycles. The average molecular weight is 403 g/mol. The van der Waals surface area contributed by atoms with E-state index in [0.29, 0.717) is 22.5 Å². The van der Waals surface area contributed by atoms with Crippen LogP contribution in [-0.2, 0) is 0 Å². The van der Waals surface area contributed by atoms with Gasteiger partial charge < -0.3 is 5.11 Å². The van der Waals surface area contributed by atoms with Crippen molar-refractivity contribution in [2.24, 2.45) is 0 Å². The summed E-state index contributed by atoms with van der Waals surface area (Å²) in [5.74, 6) is -1.64. The van der Waals surface area contributed by atoms with Gasteiger partial charge in [-0.3, -0.25) is 0 Å². The SMILES string of the molecule is Cc1nn2c(O)cc(-c3ccc(C#N)nc3)nc2c1-c1ccc(F)cc1F.[KH]. The van der Waals surface area contributed by atoms with Crippen LogP contribution in [0.5, 0.6) is 5.88 Å². The molecule has 0 amide bonds. The Morgan fingerprint density at radius 2 is 1.93 bits per heavy atom. The van der Waals surface area contributed by atoms with Crippen LogP contribution in [0, 0.1) is 29.9 Å². The van der Waals surface area contributed by atoms with Crippen LogP contribution in [0.15, 0.2) is 42.6 Å². The molecule has 0 atom stereocenters. The Morgan fingerprint density at radius 3 is 2.57 bits per heavy atom. The van der Waals surface area contributed by atoms with Crippen molar-refractivity contribution < 1.29 is 13.9 Å². The van der Waals surface area contributed by atoms with E-state index in [0.717, 1.165) is 12.1 Å². The summed E-state index contributed by atoms with van der Waals surface area (Å²) >= 11 is 0. The third-order valence-corrected chi connectivity index (χ3v) is 4.12. The third-order valence-electron chi connectivity index (χ3n) is 4.12. The molecular weight excluding hydrogens is 391 g/mol. The van der Waals surface area contributed by atoms with Gasteiger partial charge in [0.15, 0.2) is 5.65 Å². The van der Waals surface area contributed by atoms with Gasteiger partial charge in [0.25, 0.3) is 0 Å². The van der Waals surface area contributed by atoms with Crippen LogP contribution < -0.4 is 0 Å². The zero-order valence-corrected chi connectivity index (χ0v) is 14.0. The van der Waals surface area contributed by atoms with Gasteiger partial charge in [0.05, 0.1) is 17.0 Å². The van der Waals surface area contributed by atoms with E-state index in [1.807, 2.05) is 6.07 Å². The van der Waals surface area contributed by atoms with Gasteiger partial charge in [-0.05, 0) is 31.2 Å². The first kappa shape index (κ1) is 20.5. The molecule has 6 nitrogen and oxygen atoms in total. The number of aryl methyl sites for hydroxylation is 1. The van der Waals surface area contributed by atoms with Crippen LogP contribution in [0.3, 0.4) is 0 Å². The van der Waals surface area contributed by atoms with E-state index in [4.69, 9.17) is 5.26 Å². The van der Waals surface area contributed by atoms with Crippen molar-refractivity contribution in [2.75, 3.05) is 0 Å². The van der Waals surface area contributed by atoms with E-state index in [1.54, 1.807) is 13.0 Å². The molecule has 134 valence electrons. The van der Waals surface area contributed by atoms with Crippen molar-refractivity contribution in [1.29, 1.82) is 5.26 Å². The summed E-state index contributed by atoms with van der Waals surface area (Å²) < 4.78 is 28.8. The Morgan fingerprint density at radius 1 is 1.14 bits per heavy atom. The molecular formula is C19H12F2KN5O. The molecule has 1 N–H and O–H groups in total. The topological polar surface area (TPSA) is 87.1 Å². The number of pyridine rings is 1. The van der Waals surface area contributed by atoms with Crippen LogP contribution >= 0.6 is 0 Å². The minimum atomic E-state index is -0.750. The Kier molecular flexibility index (Phi) is 5.88. The first-order valence-electron chi connectivity index (χ1n) is 7.89. The van der Waals surface area contributed by atoms with Gasteiger partial charge in [0.1, 0.15) is 23.4 Å². The predicted octanol–water partition coefficient (Wildman–Crippen LogP) is 2.97. The number of rotatable bonds is 2. The molecule has 0 bridgehead atoms. The van der Waals surface area contributed by atoms with E-state index in [-0.39, 0.29) is 74.2 Å². The minimum absolute atomic E-state index is 0. The number of hydrogen-bond acceptors (Lipinski definition) is 5. The van der Waals surface area contributed by atoms with Crippen LogP contribution in [-0.4, -0.2) is 76.1 Å². The summed E-state index contributed by atoms with van der Waals surface area (Å²) in [6.45, 7) is 1.65. The van der Waals surface area contributed by atoms with Crippen molar-refractivity contribution in [1.82, 2.24) is 19.6 Å². The molecule has 0 spiro atoms. The number of benzene rings is 1. The molecule has 0 fully saturated rings. The monoisotopic (exact) mass is 403 g/mol. The first-order valence-corrected chi connectivity index (χ1v) is 7.89. The van der Waals surface area contributed by atoms with Crippen LogP contribution in [0.4, 0.5) is 8.78 Å². The van der Waals surface area contributed by atoms with Crippen molar-refractivity contribution >= 4 is 57.0 Å². The summed E-state index contributed by atoms with van der Waals surface area (Å²) in [5.41, 5.74) is 2.32. The van der Waals surface area contributed by atoms with Gasteiger partial charge in [-0.1, -0.05) is 0 Å². The molecule has 28 heavy (non-hydrogen) atoms. The second-order valence-corrected chi connectivity index (χ2v) is 5.86. The Bertz CT molecular complexity index is 1230. The van der Waals surface area contributed by atoms with Crippen LogP contribution in [0.1, 0.15) is 11.4 Å². The predicted molar refractivity (Wildman–Crippen MR) is 99.8 cm³/mol. The third kappa shape index (κ3) is 3.57. The van der Waals surface area contributed by atoms with E-state index < -0.39 is 11.6 Å². The fourth-order valence-electron chi connectivity index (χ4n) is 2.87. The number of hydrogen-bond donors (Lipinski definition) is 1. The molecule has 9 heteroatoms. The second-order valence-electron chi connectivity index (χ2n) is 5.86. The summed E-state index contributed by atoms with van der Waals surface area (Å²) in [6.07, 6.45) is 1.46. The van der Waals surface area contributed by atoms with Crippen molar-refractivity contribution in [2.45, 2.75) is 6.92 Å². The van der Waals surface area contributed by atoms with Crippen molar-refractivity contribution in [3.63, 3.8) is 0 Å². The molecule has 0 unspecified atom stereocenters. The van der Waals surface area contributed by atoms with E-state index in [2.05, 4.69) is 15.1 Å². The van der Waals surface area contributed by atoms with Crippen LogP contribution in [0.2, 0.25) is 0 Å². The maximum absolute atomic E-state index is 14.3. The Balaban J connectivity index is 0.00000225. The van der Waals surface area contributed by atoms with Gasteiger partial charge in [0, 0.05) is 29.5 Å². The summed E-state index contributed by atoms with van der Waals surface area (Å²) in [7, 11) is 0. The van der Waals surface area contributed by atoms with Crippen LogP contribution in [0.25, 0.3) is 28.0 Å². The van der Waals surface area contributed by atoms with Gasteiger partial charge in [-0.25, -0.2) is 18.7 Å². The van der Waals surface area contributed by atoms with Gasteiger partial charge in [0.2, 0.25) is 5.88 Å². The summed E-state index contributed by atoms with van der Waals surface area (Å²) in [5, 5.41) is 23.4. The standard InChI is InChI=1S/C19H11F2N5O.K.H/c1-10-18(14-5-3-12(20)6-15(14)21)19-24-16(7-17(27)26(19)25-10)11-2-4-13(8-22)23-9-11;;/h2-7,9,27H,1H3;;. The molecule has 0 saturated carbocycles. The number of nitriles is 1. The van der Waals surface area contributed by atoms with Crippen molar-refractivity contribution in [3.05, 3.63) is 65.6 Å². The number of halogens is 2. The molecule has 0 saturated heterocycles. The summed E-state index contributed by atoms with van der Waals surface area (Å²) in [4.78, 5) is 8.47. The molecule has 0 aliphatic heterocycles. The number of fused-ring (bicyclic) bond motifs is 1. The fraction of sp³-hybridized carbons (Fsp3) is 0.0526. The Hall–Kier alpha value is -2.22. The zero-order chi connectivity index (χ0) is 19.1. The molecule has 0 aliphatic rings. The number of aromatic hydroxyl groups is 1. The first-order chi connectivity index (χ1) is 13.0. The van der Waals surface area contributed by atoms with E-state index in [9.17, 15) is 13.9 Å². The van der Waals surface area contributed by atoms with E-state index >= 15 is 0 Å². The van der Waals surface area contributed by atoms with Gasteiger partial charge in [-0.2, -0.15) is 14.9 Å². The average Bonchev–Trinajstić information content (AvgIpc) is 2.98. The second kappa shape index (κ2) is 8.03. The number of nitrogens with zero attached hydrogens (tertiary/aromatic N) is 5. The molecule has 3 heterocycles. The quantitative estimate of drug-likeness (QED) is 0.520. The molecule has 1 aromatic carbocycles. The molecule has 0 radical (unpaired) electrons. The van der Waals surface area contributed by atoms with Gasteiger partial charge >= 0.3 is 51.4 Å². The molecule has 3 aromatic heterocycles. The fourth-order valence-corrected chi connectivity index (χ4v) is 2.87.